The number of aromatic carboxylic acids is 1. The van der Waals surface area contributed by atoms with Gasteiger partial charge in [-0.05, 0) is 24.6 Å². The Morgan fingerprint density at radius 1 is 1.40 bits per heavy atom. The van der Waals surface area contributed by atoms with Gasteiger partial charge in [-0.3, -0.25) is 0 Å². The third-order valence-corrected chi connectivity index (χ3v) is 3.73. The Hall–Kier alpha value is -2.08. The number of carbonyl (C=O) groups is 1. The number of carboxylic acid groups (broad SMARTS) is 1. The molecule has 106 valence electrons. The van der Waals surface area contributed by atoms with Crippen LogP contribution in [-0.4, -0.2) is 23.2 Å². The summed E-state index contributed by atoms with van der Waals surface area (Å²) in [5.41, 5.74) is 0.989. The number of aromatic nitrogens is 1. The van der Waals surface area contributed by atoms with Gasteiger partial charge in [0, 0.05) is 5.38 Å². The highest BCUT2D eigenvalue weighted by Crippen LogP contribution is 2.29. The highest BCUT2D eigenvalue weighted by atomic mass is 32.1. The van der Waals surface area contributed by atoms with Crippen molar-refractivity contribution in [2.75, 3.05) is 7.11 Å². The Morgan fingerprint density at radius 3 is 2.80 bits per heavy atom. The lowest BCUT2D eigenvalue weighted by Gasteiger charge is -2.10. The van der Waals surface area contributed by atoms with E-state index in [1.54, 1.807) is 17.4 Å². The topological polar surface area (TPSA) is 68.7 Å². The molecule has 1 aromatic carbocycles. The molecule has 0 unspecified atom stereocenters. The normalized spacial score (nSPS) is 10.3. The molecule has 1 N–H and O–H groups in total. The van der Waals surface area contributed by atoms with Crippen molar-refractivity contribution in [3.8, 4) is 11.5 Å². The van der Waals surface area contributed by atoms with E-state index in [0.29, 0.717) is 11.5 Å². The van der Waals surface area contributed by atoms with E-state index >= 15 is 0 Å². The molecule has 0 fully saturated rings. The van der Waals surface area contributed by atoms with Crippen molar-refractivity contribution in [1.82, 2.24) is 4.98 Å². The van der Waals surface area contributed by atoms with Gasteiger partial charge in [-0.15, -0.1) is 11.3 Å². The molecule has 1 aromatic heterocycles. The van der Waals surface area contributed by atoms with Gasteiger partial charge >= 0.3 is 5.97 Å². The van der Waals surface area contributed by atoms with Crippen LogP contribution in [-0.2, 0) is 13.0 Å². The number of rotatable bonds is 6. The van der Waals surface area contributed by atoms with Crippen molar-refractivity contribution in [1.29, 1.82) is 0 Å². The van der Waals surface area contributed by atoms with E-state index < -0.39 is 5.97 Å². The van der Waals surface area contributed by atoms with Gasteiger partial charge in [-0.1, -0.05) is 6.92 Å². The molecule has 2 rings (SSSR count). The molecule has 0 aliphatic rings. The van der Waals surface area contributed by atoms with E-state index in [9.17, 15) is 4.79 Å². The van der Waals surface area contributed by atoms with Crippen LogP contribution in [0.1, 0.15) is 28.0 Å². The predicted molar refractivity (Wildman–Crippen MR) is 75.8 cm³/mol. The van der Waals surface area contributed by atoms with Gasteiger partial charge in [0.15, 0.2) is 11.5 Å². The maximum Gasteiger partial charge on any atom is 0.335 e. The number of hydrogen-bond donors (Lipinski definition) is 1. The fraction of sp³-hybridized carbons (Fsp3) is 0.286. The van der Waals surface area contributed by atoms with E-state index in [0.717, 1.165) is 17.1 Å². The highest BCUT2D eigenvalue weighted by molar-refractivity contribution is 7.09. The van der Waals surface area contributed by atoms with E-state index in [1.807, 2.05) is 12.3 Å². The Morgan fingerprint density at radius 2 is 2.20 bits per heavy atom. The summed E-state index contributed by atoms with van der Waals surface area (Å²) in [6, 6.07) is 4.51. The lowest BCUT2D eigenvalue weighted by molar-refractivity contribution is 0.0696. The molecule has 0 bridgehead atoms. The molecule has 0 amide bonds. The summed E-state index contributed by atoms with van der Waals surface area (Å²) in [6.45, 7) is 2.33. The number of hydrogen-bond acceptors (Lipinski definition) is 5. The van der Waals surface area contributed by atoms with Crippen LogP contribution in [0.25, 0.3) is 0 Å². The zero-order valence-electron chi connectivity index (χ0n) is 11.3. The van der Waals surface area contributed by atoms with Gasteiger partial charge in [-0.2, -0.15) is 0 Å². The minimum absolute atomic E-state index is 0.160. The monoisotopic (exact) mass is 293 g/mol. The molecule has 0 saturated heterocycles. The third-order valence-electron chi connectivity index (χ3n) is 2.69. The molecule has 6 heteroatoms. The average Bonchev–Trinajstić information content (AvgIpc) is 2.92. The third kappa shape index (κ3) is 3.27. The minimum atomic E-state index is -1.00. The summed E-state index contributed by atoms with van der Waals surface area (Å²) in [4.78, 5) is 15.4. The van der Waals surface area contributed by atoms with Crippen LogP contribution in [0.2, 0.25) is 0 Å². The van der Waals surface area contributed by atoms with Crippen molar-refractivity contribution in [2.24, 2.45) is 0 Å². The first-order valence-corrected chi connectivity index (χ1v) is 6.99. The maximum atomic E-state index is 11.0. The summed E-state index contributed by atoms with van der Waals surface area (Å²) in [7, 11) is 1.51. The number of carboxylic acids is 1. The molecule has 20 heavy (non-hydrogen) atoms. The fourth-order valence-corrected chi connectivity index (χ4v) is 2.38. The quantitative estimate of drug-likeness (QED) is 0.886. The Labute approximate surface area is 120 Å². The second-order valence-corrected chi connectivity index (χ2v) is 4.99. The molecule has 0 atom stereocenters. The SMILES string of the molecule is CCc1nc(COc2cc(C(=O)O)ccc2OC)cs1. The summed E-state index contributed by atoms with van der Waals surface area (Å²) in [5, 5.41) is 12.0. The number of benzene rings is 1. The van der Waals surface area contributed by atoms with Gasteiger partial charge in [0.25, 0.3) is 0 Å². The lowest BCUT2D eigenvalue weighted by Crippen LogP contribution is -2.01. The zero-order valence-corrected chi connectivity index (χ0v) is 12.1. The van der Waals surface area contributed by atoms with Crippen molar-refractivity contribution < 1.29 is 19.4 Å². The molecule has 0 spiro atoms. The summed E-state index contributed by atoms with van der Waals surface area (Å²) >= 11 is 1.59. The van der Waals surface area contributed by atoms with Crippen molar-refractivity contribution in [3.05, 3.63) is 39.8 Å². The number of thiazole rings is 1. The van der Waals surface area contributed by atoms with Crippen molar-refractivity contribution in [3.63, 3.8) is 0 Å². The Balaban J connectivity index is 2.14. The molecule has 1 heterocycles. The van der Waals surface area contributed by atoms with Gasteiger partial charge in [0.05, 0.1) is 23.4 Å². The molecule has 0 saturated carbocycles. The summed E-state index contributed by atoms with van der Waals surface area (Å²) in [5.74, 6) is -0.0983. The fourth-order valence-electron chi connectivity index (χ4n) is 1.65. The van der Waals surface area contributed by atoms with E-state index in [2.05, 4.69) is 4.98 Å². The molecule has 0 aliphatic carbocycles. The van der Waals surface area contributed by atoms with Crippen LogP contribution >= 0.6 is 11.3 Å². The number of nitrogens with zero attached hydrogens (tertiary/aromatic N) is 1. The number of aryl methyl sites for hydroxylation is 1. The van der Waals surface area contributed by atoms with Crippen LogP contribution in [0.15, 0.2) is 23.6 Å². The number of ether oxygens (including phenoxy) is 2. The number of methoxy groups -OCH3 is 1. The first-order valence-electron chi connectivity index (χ1n) is 6.11. The first-order chi connectivity index (χ1) is 9.63. The van der Waals surface area contributed by atoms with Gasteiger partial charge in [-0.25, -0.2) is 9.78 Å². The smallest absolute Gasteiger partial charge is 0.335 e. The predicted octanol–water partition coefficient (Wildman–Crippen LogP) is 2.99. The molecular formula is C14H15NO4S. The maximum absolute atomic E-state index is 11.0. The Bertz CT molecular complexity index is 609. The molecule has 0 aliphatic heterocycles. The van der Waals surface area contributed by atoms with Crippen LogP contribution < -0.4 is 9.47 Å². The van der Waals surface area contributed by atoms with Gasteiger partial charge < -0.3 is 14.6 Å². The Kier molecular flexibility index (Phi) is 4.57. The van der Waals surface area contributed by atoms with Crippen molar-refractivity contribution in [2.45, 2.75) is 20.0 Å². The van der Waals surface area contributed by atoms with Crippen LogP contribution in [0.5, 0.6) is 11.5 Å². The van der Waals surface area contributed by atoms with E-state index in [4.69, 9.17) is 14.6 Å². The van der Waals surface area contributed by atoms with E-state index in [-0.39, 0.29) is 12.2 Å². The largest absolute Gasteiger partial charge is 0.493 e. The van der Waals surface area contributed by atoms with Gasteiger partial charge in [0.1, 0.15) is 6.61 Å². The highest BCUT2D eigenvalue weighted by Gasteiger charge is 2.11. The summed E-state index contributed by atoms with van der Waals surface area (Å²) in [6.07, 6.45) is 0.891. The molecular weight excluding hydrogens is 278 g/mol. The second-order valence-electron chi connectivity index (χ2n) is 4.05. The lowest BCUT2D eigenvalue weighted by atomic mass is 10.2. The standard InChI is InChI=1S/C14H15NO4S/c1-3-13-15-10(8-20-13)7-19-12-6-9(14(16)17)4-5-11(12)18-2/h4-6,8H,3,7H2,1-2H3,(H,16,17). The molecule has 2 aromatic rings. The van der Waals surface area contributed by atoms with Crippen LogP contribution in [0.3, 0.4) is 0 Å². The minimum Gasteiger partial charge on any atom is -0.493 e. The van der Waals surface area contributed by atoms with E-state index in [1.165, 1.54) is 19.2 Å². The van der Waals surface area contributed by atoms with Crippen molar-refractivity contribution >= 4 is 17.3 Å². The zero-order chi connectivity index (χ0) is 14.5. The average molecular weight is 293 g/mol. The molecule has 0 radical (unpaired) electrons. The summed E-state index contributed by atoms with van der Waals surface area (Å²) < 4.78 is 10.8. The van der Waals surface area contributed by atoms with Gasteiger partial charge in [0.2, 0.25) is 0 Å². The van der Waals surface area contributed by atoms with Crippen LogP contribution in [0, 0.1) is 0 Å². The van der Waals surface area contributed by atoms with Crippen LogP contribution in [0.4, 0.5) is 0 Å². The first kappa shape index (κ1) is 14.3. The molecule has 5 nitrogen and oxygen atoms in total. The second kappa shape index (κ2) is 6.38.